The van der Waals surface area contributed by atoms with Crippen molar-refractivity contribution in [3.63, 3.8) is 0 Å². The summed E-state index contributed by atoms with van der Waals surface area (Å²) in [6, 6.07) is 13.9. The number of aryl methyl sites for hydroxylation is 2. The molecule has 2 aromatic rings. The largest absolute Gasteiger partial charge is 0.350 e. The number of benzene rings is 2. The molecule has 0 aliphatic rings. The number of rotatable bonds is 6. The molecule has 0 radical (unpaired) electrons. The molecule has 1 amide bonds. The molecule has 0 heterocycles. The third kappa shape index (κ3) is 4.61. The fourth-order valence-electron chi connectivity index (χ4n) is 2.51. The van der Waals surface area contributed by atoms with Crippen molar-refractivity contribution in [3.05, 3.63) is 64.7 Å². The molecule has 6 nitrogen and oxygen atoms in total. The summed E-state index contributed by atoms with van der Waals surface area (Å²) >= 11 is 0. The number of sulfonamides is 1. The van der Waals surface area contributed by atoms with Gasteiger partial charge in [-0.3, -0.25) is 9.10 Å². The third-order valence-corrected chi connectivity index (χ3v) is 5.24. The van der Waals surface area contributed by atoms with Crippen molar-refractivity contribution in [2.75, 3.05) is 23.7 Å². The molecule has 7 heteroatoms. The van der Waals surface area contributed by atoms with Crippen LogP contribution in [0.5, 0.6) is 0 Å². The lowest BCUT2D eigenvalue weighted by molar-refractivity contribution is 0.0954. The summed E-state index contributed by atoms with van der Waals surface area (Å²) in [6.07, 6.45) is 1.08. The highest BCUT2D eigenvalue weighted by atomic mass is 32.2. The Morgan fingerprint density at radius 1 is 1.15 bits per heavy atom. The highest BCUT2D eigenvalue weighted by Gasteiger charge is 2.20. The number of nitriles is 1. The maximum absolute atomic E-state index is 12.3. The van der Waals surface area contributed by atoms with Crippen LogP contribution >= 0.6 is 0 Å². The summed E-state index contributed by atoms with van der Waals surface area (Å²) in [5.74, 6) is -0.268. The van der Waals surface area contributed by atoms with E-state index in [-0.39, 0.29) is 24.6 Å². The lowest BCUT2D eigenvalue weighted by Gasteiger charge is -2.23. The minimum Gasteiger partial charge on any atom is -0.350 e. The predicted octanol–water partition coefficient (Wildman–Crippen LogP) is 2.37. The van der Waals surface area contributed by atoms with Gasteiger partial charge in [-0.15, -0.1) is 0 Å². The molecule has 0 aliphatic heterocycles. The van der Waals surface area contributed by atoms with Crippen LogP contribution in [0.1, 0.15) is 27.0 Å². The van der Waals surface area contributed by atoms with E-state index in [1.54, 1.807) is 36.4 Å². The summed E-state index contributed by atoms with van der Waals surface area (Å²) in [5.41, 5.74) is 3.20. The van der Waals surface area contributed by atoms with Crippen molar-refractivity contribution in [3.8, 4) is 6.07 Å². The first kappa shape index (κ1) is 19.5. The SMILES string of the molecule is Cc1ccc(C(=O)NCCN(c2ccccc2C#N)S(C)(=O)=O)cc1C. The summed E-state index contributed by atoms with van der Waals surface area (Å²) in [4.78, 5) is 12.3. The highest BCUT2D eigenvalue weighted by molar-refractivity contribution is 7.92. The van der Waals surface area contributed by atoms with E-state index in [0.717, 1.165) is 21.7 Å². The van der Waals surface area contributed by atoms with Crippen LogP contribution in [0.3, 0.4) is 0 Å². The topological polar surface area (TPSA) is 90.3 Å². The number of amides is 1. The van der Waals surface area contributed by atoms with Gasteiger partial charge < -0.3 is 5.32 Å². The van der Waals surface area contributed by atoms with Gasteiger partial charge in [-0.25, -0.2) is 8.42 Å². The van der Waals surface area contributed by atoms with E-state index < -0.39 is 10.0 Å². The number of para-hydroxylation sites is 1. The Hall–Kier alpha value is -2.85. The zero-order valence-electron chi connectivity index (χ0n) is 15.0. The van der Waals surface area contributed by atoms with Crippen LogP contribution in [-0.2, 0) is 10.0 Å². The number of carbonyl (C=O) groups excluding carboxylic acids is 1. The Labute approximate surface area is 154 Å². The maximum Gasteiger partial charge on any atom is 0.251 e. The Kier molecular flexibility index (Phi) is 6.01. The molecule has 0 saturated carbocycles. The zero-order chi connectivity index (χ0) is 19.3. The molecule has 26 heavy (non-hydrogen) atoms. The minimum atomic E-state index is -3.59. The monoisotopic (exact) mass is 371 g/mol. The highest BCUT2D eigenvalue weighted by Crippen LogP contribution is 2.21. The molecule has 0 saturated heterocycles. The molecule has 0 aliphatic carbocycles. The number of nitrogens with one attached hydrogen (secondary N) is 1. The predicted molar refractivity (Wildman–Crippen MR) is 102 cm³/mol. The quantitative estimate of drug-likeness (QED) is 0.844. The van der Waals surface area contributed by atoms with Crippen molar-refractivity contribution in [2.45, 2.75) is 13.8 Å². The van der Waals surface area contributed by atoms with Gasteiger partial charge in [-0.1, -0.05) is 18.2 Å². The number of carbonyl (C=O) groups is 1. The Balaban J connectivity index is 2.12. The van der Waals surface area contributed by atoms with Crippen LogP contribution in [0.15, 0.2) is 42.5 Å². The molecular weight excluding hydrogens is 350 g/mol. The lowest BCUT2D eigenvalue weighted by atomic mass is 10.1. The van der Waals surface area contributed by atoms with Gasteiger partial charge in [0.1, 0.15) is 6.07 Å². The minimum absolute atomic E-state index is 0.0358. The van der Waals surface area contributed by atoms with Crippen LogP contribution in [0.4, 0.5) is 5.69 Å². The van der Waals surface area contributed by atoms with Crippen molar-refractivity contribution >= 4 is 21.6 Å². The molecule has 136 valence electrons. The van der Waals surface area contributed by atoms with E-state index in [0.29, 0.717) is 11.3 Å². The molecule has 0 atom stereocenters. The fourth-order valence-corrected chi connectivity index (χ4v) is 3.45. The lowest BCUT2D eigenvalue weighted by Crippen LogP contribution is -2.38. The van der Waals surface area contributed by atoms with Crippen LogP contribution < -0.4 is 9.62 Å². The van der Waals surface area contributed by atoms with Gasteiger partial charge >= 0.3 is 0 Å². The molecule has 0 unspecified atom stereocenters. The van der Waals surface area contributed by atoms with Crippen LogP contribution in [-0.4, -0.2) is 33.7 Å². The van der Waals surface area contributed by atoms with Gasteiger partial charge in [0.15, 0.2) is 0 Å². The molecule has 1 N–H and O–H groups in total. The first-order valence-corrected chi connectivity index (χ1v) is 9.91. The van der Waals surface area contributed by atoms with Crippen molar-refractivity contribution < 1.29 is 13.2 Å². The molecule has 2 aromatic carbocycles. The van der Waals surface area contributed by atoms with Gasteiger partial charge in [0.05, 0.1) is 24.1 Å². The number of hydrogen-bond donors (Lipinski definition) is 1. The van der Waals surface area contributed by atoms with E-state index in [1.165, 1.54) is 0 Å². The number of nitrogens with zero attached hydrogens (tertiary/aromatic N) is 2. The van der Waals surface area contributed by atoms with Gasteiger partial charge in [-0.2, -0.15) is 5.26 Å². The van der Waals surface area contributed by atoms with Gasteiger partial charge in [0.2, 0.25) is 10.0 Å². The average Bonchev–Trinajstić information content (AvgIpc) is 2.59. The van der Waals surface area contributed by atoms with Crippen LogP contribution in [0.25, 0.3) is 0 Å². The first-order chi connectivity index (χ1) is 12.2. The van der Waals surface area contributed by atoms with Crippen LogP contribution in [0.2, 0.25) is 0 Å². The molecular formula is C19H21N3O3S. The van der Waals surface area contributed by atoms with E-state index in [2.05, 4.69) is 5.32 Å². The maximum atomic E-state index is 12.3. The van der Waals surface area contributed by atoms with Gasteiger partial charge in [0, 0.05) is 12.1 Å². The molecule has 0 fully saturated rings. The van der Waals surface area contributed by atoms with E-state index in [9.17, 15) is 18.5 Å². The number of hydrogen-bond acceptors (Lipinski definition) is 4. The number of anilines is 1. The van der Waals surface area contributed by atoms with Gasteiger partial charge in [-0.05, 0) is 49.2 Å². The Bertz CT molecular complexity index is 962. The second kappa shape index (κ2) is 8.02. The van der Waals surface area contributed by atoms with E-state index in [1.807, 2.05) is 26.0 Å². The molecule has 0 bridgehead atoms. The summed E-state index contributed by atoms with van der Waals surface area (Å²) in [5, 5.41) is 11.9. The smallest absolute Gasteiger partial charge is 0.251 e. The average molecular weight is 371 g/mol. The molecule has 0 spiro atoms. The fraction of sp³-hybridized carbons (Fsp3) is 0.263. The normalized spacial score (nSPS) is 10.8. The second-order valence-corrected chi connectivity index (χ2v) is 7.93. The van der Waals surface area contributed by atoms with E-state index in [4.69, 9.17) is 0 Å². The standard InChI is InChI=1S/C19H21N3O3S/c1-14-8-9-16(12-15(14)2)19(23)21-10-11-22(26(3,24)25)18-7-5-4-6-17(18)13-20/h4-9,12H,10-11H2,1-3H3,(H,21,23). The van der Waals surface area contributed by atoms with E-state index >= 15 is 0 Å². The van der Waals surface area contributed by atoms with Gasteiger partial charge in [0.25, 0.3) is 5.91 Å². The Morgan fingerprint density at radius 2 is 1.85 bits per heavy atom. The Morgan fingerprint density at radius 3 is 2.46 bits per heavy atom. The van der Waals surface area contributed by atoms with Crippen LogP contribution in [0, 0.1) is 25.2 Å². The zero-order valence-corrected chi connectivity index (χ0v) is 15.8. The van der Waals surface area contributed by atoms with Crippen molar-refractivity contribution in [1.82, 2.24) is 5.32 Å². The summed E-state index contributed by atoms with van der Waals surface area (Å²) in [7, 11) is -3.59. The van der Waals surface area contributed by atoms with Crippen molar-refractivity contribution in [2.24, 2.45) is 0 Å². The van der Waals surface area contributed by atoms with Crippen molar-refractivity contribution in [1.29, 1.82) is 5.26 Å². The molecule has 2 rings (SSSR count). The summed E-state index contributed by atoms with van der Waals surface area (Å²) in [6.45, 7) is 4.05. The second-order valence-electron chi connectivity index (χ2n) is 6.02. The molecule has 0 aromatic heterocycles. The first-order valence-electron chi connectivity index (χ1n) is 8.06. The summed E-state index contributed by atoms with van der Waals surface area (Å²) < 4.78 is 25.4. The third-order valence-electron chi connectivity index (χ3n) is 4.06.